The van der Waals surface area contributed by atoms with Gasteiger partial charge < -0.3 is 19.7 Å². The number of rotatable bonds is 4. The number of carbonyl (C=O) groups excluding carboxylic acids is 1. The van der Waals surface area contributed by atoms with Crippen LogP contribution in [0.1, 0.15) is 38.1 Å². The summed E-state index contributed by atoms with van der Waals surface area (Å²) < 4.78 is 7.31. The van der Waals surface area contributed by atoms with Gasteiger partial charge in [0.15, 0.2) is 6.10 Å². The molecule has 4 atom stereocenters. The first-order valence-electron chi connectivity index (χ1n) is 7.31. The molecule has 1 aliphatic heterocycles. The second-order valence-corrected chi connectivity index (χ2v) is 5.65. The summed E-state index contributed by atoms with van der Waals surface area (Å²) >= 11 is 0. The summed E-state index contributed by atoms with van der Waals surface area (Å²) in [5, 5.41) is 11.9. The highest BCUT2D eigenvalue weighted by atomic mass is 16.5. The lowest BCUT2D eigenvalue weighted by Gasteiger charge is -2.23. The molecule has 4 unspecified atom stereocenters. The van der Waals surface area contributed by atoms with Crippen molar-refractivity contribution in [3.05, 3.63) is 18.7 Å². The molecule has 1 saturated carbocycles. The van der Waals surface area contributed by atoms with Gasteiger partial charge in [-0.1, -0.05) is 0 Å². The first kappa shape index (κ1) is 14.1. The predicted molar refractivity (Wildman–Crippen MR) is 72.6 cm³/mol. The number of nitrogens with one attached hydrogen (secondary N) is 1. The third-order valence-electron chi connectivity index (χ3n) is 4.30. The molecular weight excluding hydrogens is 274 g/mol. The van der Waals surface area contributed by atoms with E-state index in [4.69, 9.17) is 9.84 Å². The van der Waals surface area contributed by atoms with E-state index in [2.05, 4.69) is 10.3 Å². The van der Waals surface area contributed by atoms with Gasteiger partial charge in [0.25, 0.3) is 0 Å². The standard InChI is InChI=1S/C14H19N3O4/c18-13(11-4-5-12(21-11)14(19)20)16-9-2-1-3-10(9)17-7-6-15-8-17/h6-12H,1-5H2,(H,16,18)(H,19,20). The average molecular weight is 293 g/mol. The van der Waals surface area contributed by atoms with Crippen molar-refractivity contribution in [2.75, 3.05) is 0 Å². The fraction of sp³-hybridized carbons (Fsp3) is 0.643. The van der Waals surface area contributed by atoms with Crippen LogP contribution >= 0.6 is 0 Å². The molecule has 0 aromatic carbocycles. The molecule has 1 saturated heterocycles. The van der Waals surface area contributed by atoms with Gasteiger partial charge in [0, 0.05) is 18.4 Å². The van der Waals surface area contributed by atoms with Crippen molar-refractivity contribution in [2.24, 2.45) is 0 Å². The zero-order valence-electron chi connectivity index (χ0n) is 11.6. The molecule has 1 amide bonds. The maximum absolute atomic E-state index is 12.2. The number of hydrogen-bond acceptors (Lipinski definition) is 4. The molecule has 2 heterocycles. The minimum Gasteiger partial charge on any atom is -0.479 e. The van der Waals surface area contributed by atoms with Gasteiger partial charge in [0.05, 0.1) is 12.4 Å². The summed E-state index contributed by atoms with van der Waals surface area (Å²) in [6, 6.07) is 0.271. The van der Waals surface area contributed by atoms with Crippen LogP contribution in [0.5, 0.6) is 0 Å². The van der Waals surface area contributed by atoms with Gasteiger partial charge in [-0.05, 0) is 32.1 Å². The van der Waals surface area contributed by atoms with E-state index >= 15 is 0 Å². The van der Waals surface area contributed by atoms with Crippen molar-refractivity contribution in [3.8, 4) is 0 Å². The maximum atomic E-state index is 12.2. The Morgan fingerprint density at radius 2 is 2.05 bits per heavy atom. The molecular formula is C14H19N3O4. The fourth-order valence-corrected chi connectivity index (χ4v) is 3.22. The van der Waals surface area contributed by atoms with Crippen LogP contribution in [0, 0.1) is 0 Å². The van der Waals surface area contributed by atoms with E-state index in [1.807, 2.05) is 10.8 Å². The van der Waals surface area contributed by atoms with Crippen LogP contribution in [0.3, 0.4) is 0 Å². The molecule has 1 aliphatic carbocycles. The number of aliphatic carboxylic acids is 1. The maximum Gasteiger partial charge on any atom is 0.332 e. The quantitative estimate of drug-likeness (QED) is 0.853. The molecule has 2 aliphatic rings. The molecule has 1 aromatic rings. The van der Waals surface area contributed by atoms with E-state index in [0.717, 1.165) is 19.3 Å². The predicted octanol–water partition coefficient (Wildman–Crippen LogP) is 0.725. The molecule has 2 fully saturated rings. The van der Waals surface area contributed by atoms with Gasteiger partial charge in [-0.25, -0.2) is 9.78 Å². The monoisotopic (exact) mass is 293 g/mol. The number of ether oxygens (including phenoxy) is 1. The average Bonchev–Trinajstić information content (AvgIpc) is 3.19. The van der Waals surface area contributed by atoms with Crippen molar-refractivity contribution < 1.29 is 19.4 Å². The number of carbonyl (C=O) groups is 2. The smallest absolute Gasteiger partial charge is 0.332 e. The van der Waals surface area contributed by atoms with Crippen LogP contribution in [0.25, 0.3) is 0 Å². The molecule has 2 N–H and O–H groups in total. The van der Waals surface area contributed by atoms with Crippen LogP contribution in [0.15, 0.2) is 18.7 Å². The van der Waals surface area contributed by atoms with E-state index in [0.29, 0.717) is 12.8 Å². The second kappa shape index (κ2) is 5.85. The van der Waals surface area contributed by atoms with Gasteiger partial charge in [-0.2, -0.15) is 0 Å². The van der Waals surface area contributed by atoms with Crippen LogP contribution in [-0.2, 0) is 14.3 Å². The Morgan fingerprint density at radius 1 is 1.24 bits per heavy atom. The normalized spacial score (nSPS) is 32.2. The summed E-state index contributed by atoms with van der Waals surface area (Å²) in [6.45, 7) is 0. The Morgan fingerprint density at radius 3 is 2.71 bits per heavy atom. The zero-order chi connectivity index (χ0) is 14.8. The molecule has 0 spiro atoms. The number of nitrogens with zero attached hydrogens (tertiary/aromatic N) is 2. The van der Waals surface area contributed by atoms with E-state index in [9.17, 15) is 9.59 Å². The van der Waals surface area contributed by atoms with Crippen LogP contribution < -0.4 is 5.32 Å². The minimum absolute atomic E-state index is 0.0548. The van der Waals surface area contributed by atoms with Crippen LogP contribution in [0.4, 0.5) is 0 Å². The molecule has 7 nitrogen and oxygen atoms in total. The number of amides is 1. The van der Waals surface area contributed by atoms with Gasteiger partial charge in [-0.3, -0.25) is 4.79 Å². The Hall–Kier alpha value is -1.89. The lowest BCUT2D eigenvalue weighted by molar-refractivity contribution is -0.152. The number of carboxylic acid groups (broad SMARTS) is 1. The van der Waals surface area contributed by atoms with E-state index < -0.39 is 18.2 Å². The largest absolute Gasteiger partial charge is 0.479 e. The third-order valence-corrected chi connectivity index (χ3v) is 4.30. The van der Waals surface area contributed by atoms with Gasteiger partial charge in [-0.15, -0.1) is 0 Å². The van der Waals surface area contributed by atoms with Crippen molar-refractivity contribution in [1.82, 2.24) is 14.9 Å². The van der Waals surface area contributed by atoms with E-state index in [1.54, 1.807) is 12.5 Å². The first-order valence-corrected chi connectivity index (χ1v) is 7.31. The number of aromatic nitrogens is 2. The van der Waals surface area contributed by atoms with Gasteiger partial charge in [0.2, 0.25) is 5.91 Å². The summed E-state index contributed by atoms with van der Waals surface area (Å²) in [6.07, 6.45) is 7.74. The SMILES string of the molecule is O=C(O)C1CCC(C(=O)NC2CCCC2n2ccnc2)O1. The van der Waals surface area contributed by atoms with Gasteiger partial charge in [0.1, 0.15) is 6.10 Å². The Kier molecular flexibility index (Phi) is 3.92. The lowest BCUT2D eigenvalue weighted by Crippen LogP contribution is -2.43. The number of imidazole rings is 1. The summed E-state index contributed by atoms with van der Waals surface area (Å²) in [7, 11) is 0. The Labute approximate surface area is 122 Å². The molecule has 0 bridgehead atoms. The highest BCUT2D eigenvalue weighted by Gasteiger charge is 2.37. The fourth-order valence-electron chi connectivity index (χ4n) is 3.22. The van der Waals surface area contributed by atoms with Crippen LogP contribution in [0.2, 0.25) is 0 Å². The molecule has 0 radical (unpaired) electrons. The molecule has 114 valence electrons. The van der Waals surface area contributed by atoms with Crippen molar-refractivity contribution in [3.63, 3.8) is 0 Å². The lowest BCUT2D eigenvalue weighted by atomic mass is 10.1. The number of carboxylic acids is 1. The van der Waals surface area contributed by atoms with Gasteiger partial charge >= 0.3 is 5.97 Å². The van der Waals surface area contributed by atoms with Crippen molar-refractivity contribution in [1.29, 1.82) is 0 Å². The summed E-state index contributed by atoms with van der Waals surface area (Å²) in [5.41, 5.74) is 0. The topological polar surface area (TPSA) is 93.4 Å². The Bertz CT molecular complexity index is 516. The minimum atomic E-state index is -0.998. The second-order valence-electron chi connectivity index (χ2n) is 5.65. The molecule has 7 heteroatoms. The molecule has 1 aromatic heterocycles. The van der Waals surface area contributed by atoms with E-state index in [1.165, 1.54) is 0 Å². The summed E-state index contributed by atoms with van der Waals surface area (Å²) in [4.78, 5) is 27.1. The summed E-state index contributed by atoms with van der Waals surface area (Å²) in [5.74, 6) is -1.20. The molecule has 21 heavy (non-hydrogen) atoms. The van der Waals surface area contributed by atoms with E-state index in [-0.39, 0.29) is 18.0 Å². The molecule has 3 rings (SSSR count). The first-order chi connectivity index (χ1) is 10.1. The Balaban J connectivity index is 1.59. The highest BCUT2D eigenvalue weighted by Crippen LogP contribution is 2.30. The number of hydrogen-bond donors (Lipinski definition) is 2. The van der Waals surface area contributed by atoms with Crippen molar-refractivity contribution >= 4 is 11.9 Å². The zero-order valence-corrected chi connectivity index (χ0v) is 11.6. The highest BCUT2D eigenvalue weighted by molar-refractivity contribution is 5.82. The third kappa shape index (κ3) is 2.92. The van der Waals surface area contributed by atoms with Crippen LogP contribution in [-0.4, -0.2) is 44.8 Å². The van der Waals surface area contributed by atoms with Crippen molar-refractivity contribution in [2.45, 2.75) is 56.4 Å².